The van der Waals surface area contributed by atoms with Crippen molar-refractivity contribution in [2.75, 3.05) is 7.11 Å². The van der Waals surface area contributed by atoms with Crippen molar-refractivity contribution in [2.45, 2.75) is 5.51 Å². The van der Waals surface area contributed by atoms with Gasteiger partial charge in [-0.1, -0.05) is 12.1 Å². The van der Waals surface area contributed by atoms with Crippen LogP contribution in [0.15, 0.2) is 30.2 Å². The van der Waals surface area contributed by atoms with Gasteiger partial charge in [0.05, 0.1) is 7.11 Å². The minimum atomic E-state index is -5.92. The van der Waals surface area contributed by atoms with Crippen LogP contribution in [0.2, 0.25) is 0 Å². The monoisotopic (exact) mass is 325 g/mol. The van der Waals surface area contributed by atoms with Crippen LogP contribution in [-0.2, 0) is 14.9 Å². The SMILES string of the molecule is CO/C(O)=C(/[N+]#N)c1ccccc1OS(=O)(=O)C(F)(F)F. The van der Waals surface area contributed by atoms with E-state index >= 15 is 0 Å². The molecule has 0 aromatic heterocycles. The van der Waals surface area contributed by atoms with Gasteiger partial charge in [-0.25, -0.2) is 0 Å². The van der Waals surface area contributed by atoms with Crippen molar-refractivity contribution in [1.29, 1.82) is 5.39 Å². The van der Waals surface area contributed by atoms with Crippen LogP contribution in [0.1, 0.15) is 5.56 Å². The summed E-state index contributed by atoms with van der Waals surface area (Å²) in [6.45, 7) is 0. The lowest BCUT2D eigenvalue weighted by molar-refractivity contribution is -0.0500. The zero-order valence-corrected chi connectivity index (χ0v) is 11.1. The van der Waals surface area contributed by atoms with Gasteiger partial charge in [-0.3, -0.25) is 0 Å². The van der Waals surface area contributed by atoms with E-state index in [2.05, 4.69) is 13.9 Å². The first-order valence-electron chi connectivity index (χ1n) is 5.06. The van der Waals surface area contributed by atoms with Crippen LogP contribution >= 0.6 is 0 Å². The summed E-state index contributed by atoms with van der Waals surface area (Å²) in [6, 6.07) is 4.42. The molecule has 0 aliphatic heterocycles. The molecule has 21 heavy (non-hydrogen) atoms. The molecule has 1 aromatic carbocycles. The summed E-state index contributed by atoms with van der Waals surface area (Å²) >= 11 is 0. The van der Waals surface area contributed by atoms with Gasteiger partial charge < -0.3 is 14.0 Å². The first-order valence-corrected chi connectivity index (χ1v) is 6.47. The molecule has 0 spiro atoms. The maximum absolute atomic E-state index is 12.3. The number of alkyl halides is 3. The molecule has 1 N–H and O–H groups in total. The second-order valence-corrected chi connectivity index (χ2v) is 4.98. The average Bonchev–Trinajstić information content (AvgIpc) is 2.39. The summed E-state index contributed by atoms with van der Waals surface area (Å²) in [7, 11) is -4.92. The number of hydrogen-bond acceptors (Lipinski definition) is 6. The van der Waals surface area contributed by atoms with E-state index < -0.39 is 38.6 Å². The molecule has 0 radical (unpaired) electrons. The van der Waals surface area contributed by atoms with Gasteiger partial charge in [-0.15, -0.1) is 0 Å². The maximum Gasteiger partial charge on any atom is 0.534 e. The number of benzene rings is 1. The number of rotatable bonds is 4. The number of aliphatic hydroxyl groups excluding tert-OH is 1. The Morgan fingerprint density at radius 2 is 1.90 bits per heavy atom. The Hall–Kier alpha value is -2.48. The van der Waals surface area contributed by atoms with Crippen molar-refractivity contribution in [1.82, 2.24) is 0 Å². The Labute approximate surface area is 117 Å². The predicted molar refractivity (Wildman–Crippen MR) is 63.7 cm³/mol. The minimum Gasteiger partial charge on any atom is -0.475 e. The number of diazo groups is 1. The first kappa shape index (κ1) is 16.6. The number of para-hydroxylation sites is 1. The normalized spacial score (nSPS) is 13.1. The van der Waals surface area contributed by atoms with Gasteiger partial charge in [0.15, 0.2) is 10.7 Å². The fourth-order valence-corrected chi connectivity index (χ4v) is 1.69. The maximum atomic E-state index is 12.3. The Balaban J connectivity index is 3.41. The van der Waals surface area contributed by atoms with Crippen LogP contribution < -0.4 is 4.18 Å². The fourth-order valence-electron chi connectivity index (χ4n) is 1.21. The summed E-state index contributed by atoms with van der Waals surface area (Å²) in [5.41, 5.74) is -6.76. The largest absolute Gasteiger partial charge is 0.534 e. The summed E-state index contributed by atoms with van der Waals surface area (Å²) in [5, 5.41) is 18.1. The molecule has 0 heterocycles. The molecule has 0 unspecified atom stereocenters. The summed E-state index contributed by atoms with van der Waals surface area (Å²) < 4.78 is 67.1. The molecule has 7 nitrogen and oxygen atoms in total. The van der Waals surface area contributed by atoms with Crippen molar-refractivity contribution in [2.24, 2.45) is 0 Å². The molecule has 0 aliphatic rings. The predicted octanol–water partition coefficient (Wildman–Crippen LogP) is 2.60. The van der Waals surface area contributed by atoms with Crippen molar-refractivity contribution in [3.8, 4) is 5.75 Å². The highest BCUT2D eigenvalue weighted by Crippen LogP contribution is 2.33. The Bertz CT molecular complexity index is 706. The van der Waals surface area contributed by atoms with Crippen molar-refractivity contribution in [3.05, 3.63) is 40.8 Å². The topological polar surface area (TPSA) is 101 Å². The first-order chi connectivity index (χ1) is 9.64. The van der Waals surface area contributed by atoms with Gasteiger partial charge in [0.2, 0.25) is 5.39 Å². The molecule has 0 saturated heterocycles. The van der Waals surface area contributed by atoms with E-state index in [0.29, 0.717) is 0 Å². The highest BCUT2D eigenvalue weighted by atomic mass is 32.2. The molecule has 0 fully saturated rings. The van der Waals surface area contributed by atoms with Crippen LogP contribution in [0.25, 0.3) is 10.7 Å². The average molecular weight is 325 g/mol. The summed E-state index contributed by atoms with van der Waals surface area (Å²) in [5.74, 6) is -1.75. The third-order valence-corrected chi connectivity index (χ3v) is 3.09. The van der Waals surface area contributed by atoms with Crippen LogP contribution in [0.3, 0.4) is 0 Å². The fraction of sp³-hybridized carbons (Fsp3) is 0.200. The molecule has 0 saturated carbocycles. The molecule has 0 aliphatic carbocycles. The summed E-state index contributed by atoms with van der Waals surface area (Å²) in [6.07, 6.45) is 0. The van der Waals surface area contributed by atoms with E-state index in [0.717, 1.165) is 19.2 Å². The number of halogens is 3. The Kier molecular flexibility index (Phi) is 4.64. The lowest BCUT2D eigenvalue weighted by Crippen LogP contribution is -2.28. The number of ether oxygens (including phenoxy) is 1. The number of aliphatic hydroxyl groups is 1. The molecular weight excluding hydrogens is 317 g/mol. The molecule has 1 rings (SSSR count). The van der Waals surface area contributed by atoms with Gasteiger partial charge in [-0.2, -0.15) is 21.6 Å². The summed E-state index contributed by atoms with van der Waals surface area (Å²) in [4.78, 5) is 2.63. The standard InChI is InChI=1S/C10H7F3N2O5S/c1-19-9(16)8(15-14)6-4-2-3-5-7(6)20-21(17,18)10(11,12)13/h2-5H,1H3/p+1/b9-8+. The molecule has 0 bridgehead atoms. The minimum absolute atomic E-state index is 0.424. The second kappa shape index (κ2) is 5.88. The zero-order chi connectivity index (χ0) is 16.3. The lowest BCUT2D eigenvalue weighted by Gasteiger charge is -2.10. The van der Waals surface area contributed by atoms with Gasteiger partial charge in [0.25, 0.3) is 0 Å². The van der Waals surface area contributed by atoms with Crippen LogP contribution in [0.4, 0.5) is 13.2 Å². The molecule has 114 valence electrons. The van der Waals surface area contributed by atoms with Gasteiger partial charge in [-0.05, 0) is 12.1 Å². The van der Waals surface area contributed by atoms with E-state index in [1.54, 1.807) is 0 Å². The molecule has 0 atom stereocenters. The van der Waals surface area contributed by atoms with E-state index in [1.807, 2.05) is 0 Å². The Morgan fingerprint density at radius 1 is 1.33 bits per heavy atom. The number of nitrogens with zero attached hydrogens (tertiary/aromatic N) is 2. The van der Waals surface area contributed by atoms with Crippen molar-refractivity contribution >= 4 is 15.8 Å². The third-order valence-electron chi connectivity index (χ3n) is 2.12. The highest BCUT2D eigenvalue weighted by molar-refractivity contribution is 7.88. The quantitative estimate of drug-likeness (QED) is 0.395. The van der Waals surface area contributed by atoms with Crippen LogP contribution in [-0.4, -0.2) is 26.1 Å². The van der Waals surface area contributed by atoms with Gasteiger partial charge in [0.1, 0.15) is 5.56 Å². The second-order valence-electron chi connectivity index (χ2n) is 3.44. The van der Waals surface area contributed by atoms with Crippen LogP contribution in [0.5, 0.6) is 5.75 Å². The van der Waals surface area contributed by atoms with E-state index in [9.17, 15) is 26.7 Å². The van der Waals surface area contributed by atoms with Crippen LogP contribution in [0, 0.1) is 5.39 Å². The lowest BCUT2D eigenvalue weighted by atomic mass is 10.1. The highest BCUT2D eigenvalue weighted by Gasteiger charge is 2.49. The van der Waals surface area contributed by atoms with Gasteiger partial charge in [0, 0.05) is 0 Å². The molecule has 1 aromatic rings. The molecule has 0 amide bonds. The number of methoxy groups -OCH3 is 1. The Morgan fingerprint density at radius 3 is 2.38 bits per heavy atom. The molecular formula is C10H8F3N2O5S+. The van der Waals surface area contributed by atoms with Gasteiger partial charge >= 0.3 is 27.3 Å². The van der Waals surface area contributed by atoms with Crippen molar-refractivity contribution < 1.29 is 35.6 Å². The van der Waals surface area contributed by atoms with E-state index in [4.69, 9.17) is 5.39 Å². The van der Waals surface area contributed by atoms with E-state index in [1.165, 1.54) is 12.1 Å². The number of hydrogen-bond donors (Lipinski definition) is 1. The third kappa shape index (κ3) is 3.54. The van der Waals surface area contributed by atoms with Crippen molar-refractivity contribution in [3.63, 3.8) is 0 Å². The smallest absolute Gasteiger partial charge is 0.475 e. The molecule has 11 heteroatoms. The van der Waals surface area contributed by atoms with E-state index in [-0.39, 0.29) is 0 Å². The zero-order valence-electron chi connectivity index (χ0n) is 10.3.